The number of hydrogen-bond acceptors (Lipinski definition) is 4. The first-order valence-corrected chi connectivity index (χ1v) is 9.72. The topological polar surface area (TPSA) is 79.5 Å². The zero-order valence-corrected chi connectivity index (χ0v) is 16.5. The van der Waals surface area contributed by atoms with Crippen molar-refractivity contribution in [3.8, 4) is 5.75 Å². The molecule has 0 atom stereocenters. The van der Waals surface area contributed by atoms with Crippen LogP contribution in [0.15, 0.2) is 42.5 Å². The van der Waals surface area contributed by atoms with Crippen molar-refractivity contribution >= 4 is 34.8 Å². The molecule has 28 heavy (non-hydrogen) atoms. The van der Waals surface area contributed by atoms with Crippen LogP contribution in [-0.2, 0) is 4.79 Å². The molecule has 2 aromatic rings. The fourth-order valence-electron chi connectivity index (χ4n) is 3.35. The number of carbonyl (C=O) groups is 2. The standard InChI is InChI=1S/C21H24ClN3O3/c1-28-20-16(22)10-6-12-18(20)23-13-19(26)25-17-11-5-4-9-15(17)21(27)24-14-7-2-3-8-14/h4-6,9-12,14,23H,2-3,7-8,13H2,1H3,(H,24,27)(H,25,26). The summed E-state index contributed by atoms with van der Waals surface area (Å²) in [4.78, 5) is 25.0. The fourth-order valence-corrected chi connectivity index (χ4v) is 3.60. The minimum absolute atomic E-state index is 0.00921. The Hall–Kier alpha value is -2.73. The Morgan fingerprint density at radius 1 is 1.07 bits per heavy atom. The zero-order chi connectivity index (χ0) is 19.9. The van der Waals surface area contributed by atoms with E-state index in [-0.39, 0.29) is 24.4 Å². The van der Waals surface area contributed by atoms with Crippen LogP contribution >= 0.6 is 11.6 Å². The van der Waals surface area contributed by atoms with Crippen LogP contribution in [0.5, 0.6) is 5.75 Å². The van der Waals surface area contributed by atoms with Gasteiger partial charge in [0, 0.05) is 6.04 Å². The minimum atomic E-state index is -0.275. The summed E-state index contributed by atoms with van der Waals surface area (Å²) in [6.45, 7) is 0.00921. The van der Waals surface area contributed by atoms with Gasteiger partial charge in [-0.15, -0.1) is 0 Å². The molecule has 6 nitrogen and oxygen atoms in total. The average Bonchev–Trinajstić information content (AvgIpc) is 3.19. The second-order valence-electron chi connectivity index (χ2n) is 6.72. The predicted octanol–water partition coefficient (Wildman–Crippen LogP) is 4.07. The lowest BCUT2D eigenvalue weighted by atomic mass is 10.1. The Morgan fingerprint density at radius 3 is 2.54 bits per heavy atom. The molecule has 2 aromatic carbocycles. The first kappa shape index (κ1) is 20.0. The van der Waals surface area contributed by atoms with E-state index < -0.39 is 0 Å². The maximum absolute atomic E-state index is 12.6. The van der Waals surface area contributed by atoms with E-state index in [1.807, 2.05) is 0 Å². The number of rotatable bonds is 7. The molecule has 0 heterocycles. The minimum Gasteiger partial charge on any atom is -0.493 e. The number of para-hydroxylation sites is 2. The molecule has 0 aromatic heterocycles. The molecule has 1 aliphatic carbocycles. The molecular formula is C21H24ClN3O3. The highest BCUT2D eigenvalue weighted by Gasteiger charge is 2.20. The van der Waals surface area contributed by atoms with Crippen LogP contribution in [0.25, 0.3) is 0 Å². The molecule has 7 heteroatoms. The summed E-state index contributed by atoms with van der Waals surface area (Å²) >= 11 is 6.09. The lowest BCUT2D eigenvalue weighted by molar-refractivity contribution is -0.114. The maximum Gasteiger partial charge on any atom is 0.253 e. The zero-order valence-electron chi connectivity index (χ0n) is 15.8. The highest BCUT2D eigenvalue weighted by Crippen LogP contribution is 2.32. The molecule has 0 spiro atoms. The molecule has 3 N–H and O–H groups in total. The van der Waals surface area contributed by atoms with Gasteiger partial charge in [-0.3, -0.25) is 9.59 Å². The Balaban J connectivity index is 1.63. The number of methoxy groups -OCH3 is 1. The monoisotopic (exact) mass is 401 g/mol. The van der Waals surface area contributed by atoms with Crippen molar-refractivity contribution in [2.24, 2.45) is 0 Å². The number of carbonyl (C=O) groups excluding carboxylic acids is 2. The maximum atomic E-state index is 12.6. The van der Waals surface area contributed by atoms with Crippen LogP contribution < -0.4 is 20.7 Å². The van der Waals surface area contributed by atoms with Crippen molar-refractivity contribution in [3.05, 3.63) is 53.1 Å². The van der Waals surface area contributed by atoms with E-state index in [0.717, 1.165) is 25.7 Å². The Bertz CT molecular complexity index is 851. The van der Waals surface area contributed by atoms with Crippen LogP contribution in [0.4, 0.5) is 11.4 Å². The van der Waals surface area contributed by atoms with Gasteiger partial charge in [0.05, 0.1) is 35.6 Å². The summed E-state index contributed by atoms with van der Waals surface area (Å²) in [6, 6.07) is 12.5. The highest BCUT2D eigenvalue weighted by molar-refractivity contribution is 6.32. The number of anilines is 2. The van der Waals surface area contributed by atoms with Gasteiger partial charge in [0.1, 0.15) is 0 Å². The summed E-state index contributed by atoms with van der Waals surface area (Å²) in [6.07, 6.45) is 4.29. The van der Waals surface area contributed by atoms with E-state index in [1.165, 1.54) is 7.11 Å². The van der Waals surface area contributed by atoms with Crippen molar-refractivity contribution in [3.63, 3.8) is 0 Å². The van der Waals surface area contributed by atoms with Crippen LogP contribution in [0, 0.1) is 0 Å². The van der Waals surface area contributed by atoms with Gasteiger partial charge in [0.15, 0.2) is 5.75 Å². The molecule has 0 unspecified atom stereocenters. The van der Waals surface area contributed by atoms with Crippen molar-refractivity contribution in [2.75, 3.05) is 24.3 Å². The lowest BCUT2D eigenvalue weighted by Gasteiger charge is -2.16. The largest absolute Gasteiger partial charge is 0.493 e. The first-order valence-electron chi connectivity index (χ1n) is 9.34. The molecule has 0 aliphatic heterocycles. The van der Waals surface area contributed by atoms with Crippen LogP contribution in [0.1, 0.15) is 36.0 Å². The number of benzene rings is 2. The fraction of sp³-hybridized carbons (Fsp3) is 0.333. The van der Waals surface area contributed by atoms with E-state index in [0.29, 0.717) is 27.7 Å². The molecule has 1 saturated carbocycles. The van der Waals surface area contributed by atoms with E-state index >= 15 is 0 Å². The molecule has 1 aliphatic rings. The van der Waals surface area contributed by atoms with Crippen molar-refractivity contribution in [1.29, 1.82) is 0 Å². The molecule has 3 rings (SSSR count). The van der Waals surface area contributed by atoms with E-state index in [2.05, 4.69) is 16.0 Å². The summed E-state index contributed by atoms with van der Waals surface area (Å²) in [5.41, 5.74) is 1.57. The van der Waals surface area contributed by atoms with Gasteiger partial charge in [-0.05, 0) is 37.1 Å². The average molecular weight is 402 g/mol. The quantitative estimate of drug-likeness (QED) is 0.653. The van der Waals surface area contributed by atoms with E-state index in [1.54, 1.807) is 42.5 Å². The number of nitrogens with one attached hydrogen (secondary N) is 3. The van der Waals surface area contributed by atoms with Crippen molar-refractivity contribution < 1.29 is 14.3 Å². The van der Waals surface area contributed by atoms with Gasteiger partial charge in [-0.25, -0.2) is 0 Å². The third-order valence-corrected chi connectivity index (χ3v) is 5.04. The number of halogens is 1. The summed E-state index contributed by atoms with van der Waals surface area (Å²) in [5, 5.41) is 9.32. The Kier molecular flexibility index (Phi) is 6.76. The highest BCUT2D eigenvalue weighted by atomic mass is 35.5. The molecule has 0 saturated heterocycles. The number of amides is 2. The molecule has 148 valence electrons. The molecule has 0 bridgehead atoms. The predicted molar refractivity (Wildman–Crippen MR) is 111 cm³/mol. The molecular weight excluding hydrogens is 378 g/mol. The summed E-state index contributed by atoms with van der Waals surface area (Å²) < 4.78 is 5.26. The van der Waals surface area contributed by atoms with Gasteiger partial charge < -0.3 is 20.7 Å². The number of ether oxygens (including phenoxy) is 1. The molecule has 1 fully saturated rings. The Morgan fingerprint density at radius 2 is 1.79 bits per heavy atom. The SMILES string of the molecule is COc1c(Cl)cccc1NCC(=O)Nc1ccccc1C(=O)NC1CCCC1. The molecule has 0 radical (unpaired) electrons. The third-order valence-electron chi connectivity index (χ3n) is 4.75. The first-order chi connectivity index (χ1) is 13.6. The van der Waals surface area contributed by atoms with Crippen LogP contribution in [0.3, 0.4) is 0 Å². The normalized spacial score (nSPS) is 13.8. The van der Waals surface area contributed by atoms with Gasteiger partial charge >= 0.3 is 0 Å². The third kappa shape index (κ3) is 4.95. The second-order valence-corrected chi connectivity index (χ2v) is 7.13. The van der Waals surface area contributed by atoms with Gasteiger partial charge in [0.25, 0.3) is 5.91 Å². The van der Waals surface area contributed by atoms with Crippen LogP contribution in [0.2, 0.25) is 5.02 Å². The summed E-state index contributed by atoms with van der Waals surface area (Å²) in [5.74, 6) is 0.0451. The van der Waals surface area contributed by atoms with E-state index in [4.69, 9.17) is 16.3 Å². The second kappa shape index (κ2) is 9.46. The van der Waals surface area contributed by atoms with Gasteiger partial charge in [-0.2, -0.15) is 0 Å². The smallest absolute Gasteiger partial charge is 0.253 e. The van der Waals surface area contributed by atoms with Gasteiger partial charge in [-0.1, -0.05) is 42.6 Å². The Labute approximate surface area is 169 Å². The lowest BCUT2D eigenvalue weighted by Crippen LogP contribution is -2.33. The molecule has 2 amide bonds. The van der Waals surface area contributed by atoms with Crippen molar-refractivity contribution in [1.82, 2.24) is 5.32 Å². The van der Waals surface area contributed by atoms with Crippen LogP contribution in [-0.4, -0.2) is 31.5 Å². The van der Waals surface area contributed by atoms with Crippen molar-refractivity contribution in [2.45, 2.75) is 31.7 Å². The number of hydrogen-bond donors (Lipinski definition) is 3. The van der Waals surface area contributed by atoms with Gasteiger partial charge in [0.2, 0.25) is 5.91 Å². The van der Waals surface area contributed by atoms with E-state index in [9.17, 15) is 9.59 Å². The summed E-state index contributed by atoms with van der Waals surface area (Å²) in [7, 11) is 1.52.